The molecule has 7 aromatic carbocycles. The minimum atomic E-state index is 0.539. The fraction of sp³-hybridized carbons (Fsp3) is 0. The van der Waals surface area contributed by atoms with Crippen LogP contribution < -0.4 is 0 Å². The van der Waals surface area contributed by atoms with Gasteiger partial charge in [0.1, 0.15) is 22.3 Å². The monoisotopic (exact) mass is 749 g/mol. The van der Waals surface area contributed by atoms with Crippen molar-refractivity contribution in [3.05, 3.63) is 164 Å². The van der Waals surface area contributed by atoms with E-state index < -0.39 is 0 Å². The molecule has 266 valence electrons. The summed E-state index contributed by atoms with van der Waals surface area (Å²) in [5.41, 5.74) is 9.46. The standard InChI is InChI=1S/C49H27N5O2S/c1-3-12-28(13-4-1)43-45-44(35-17-8-10-21-41(35)57-45)51-49(50-43)36-18-11-20-38-42(36)34-25-23-31(27-40(34)56-38)48-53-46(29-14-5-2-6-15-29)52-47(54-48)30-22-24-33-32-16-7-9-19-37(32)55-39(33)26-30/h1-27H. The van der Waals surface area contributed by atoms with E-state index in [1.807, 2.05) is 84.9 Å². The summed E-state index contributed by atoms with van der Waals surface area (Å²) in [6.45, 7) is 0. The van der Waals surface area contributed by atoms with Crippen LogP contribution in [0.1, 0.15) is 0 Å². The molecule has 12 aromatic rings. The highest BCUT2D eigenvalue weighted by Gasteiger charge is 2.21. The fourth-order valence-electron chi connectivity index (χ4n) is 7.87. The summed E-state index contributed by atoms with van der Waals surface area (Å²) >= 11 is 1.73. The lowest BCUT2D eigenvalue weighted by atomic mass is 10.0. The SMILES string of the molecule is c1ccc(-c2nc(-c3ccc4c(c3)oc3ccccc34)nc(-c3ccc4c(c3)oc3cccc(-c5nc(-c6ccccc6)c6sc7ccccc7c6n5)c34)n2)cc1. The number of benzene rings is 7. The molecule has 0 spiro atoms. The van der Waals surface area contributed by atoms with Crippen LogP contribution in [0.2, 0.25) is 0 Å². The Morgan fingerprint density at radius 1 is 0.368 bits per heavy atom. The smallest absolute Gasteiger partial charge is 0.164 e. The van der Waals surface area contributed by atoms with Gasteiger partial charge in [-0.3, -0.25) is 0 Å². The molecule has 5 aromatic heterocycles. The predicted octanol–water partition coefficient (Wildman–Crippen LogP) is 13.2. The van der Waals surface area contributed by atoms with Gasteiger partial charge >= 0.3 is 0 Å². The molecule has 7 nitrogen and oxygen atoms in total. The van der Waals surface area contributed by atoms with Crippen molar-refractivity contribution in [1.82, 2.24) is 24.9 Å². The Morgan fingerprint density at radius 2 is 0.947 bits per heavy atom. The average molecular weight is 750 g/mol. The number of nitrogens with zero attached hydrogens (tertiary/aromatic N) is 5. The lowest BCUT2D eigenvalue weighted by Crippen LogP contribution is -2.00. The van der Waals surface area contributed by atoms with Gasteiger partial charge < -0.3 is 8.83 Å². The van der Waals surface area contributed by atoms with Crippen LogP contribution in [0.15, 0.2) is 173 Å². The molecular weight excluding hydrogens is 723 g/mol. The van der Waals surface area contributed by atoms with E-state index in [4.69, 9.17) is 33.8 Å². The van der Waals surface area contributed by atoms with Gasteiger partial charge in [-0.2, -0.15) is 0 Å². The van der Waals surface area contributed by atoms with Crippen molar-refractivity contribution in [1.29, 1.82) is 0 Å². The molecule has 57 heavy (non-hydrogen) atoms. The van der Waals surface area contributed by atoms with Gasteiger partial charge in [0.05, 0.1) is 15.9 Å². The molecule has 0 unspecified atom stereocenters. The zero-order chi connectivity index (χ0) is 37.5. The van der Waals surface area contributed by atoms with Crippen molar-refractivity contribution < 1.29 is 8.83 Å². The summed E-state index contributed by atoms with van der Waals surface area (Å²) in [6, 6.07) is 55.2. The van der Waals surface area contributed by atoms with E-state index >= 15 is 0 Å². The minimum Gasteiger partial charge on any atom is -0.456 e. The van der Waals surface area contributed by atoms with Crippen LogP contribution in [0.4, 0.5) is 0 Å². The number of rotatable bonds is 5. The van der Waals surface area contributed by atoms with Gasteiger partial charge in [-0.1, -0.05) is 121 Å². The van der Waals surface area contributed by atoms with Crippen molar-refractivity contribution in [3.8, 4) is 56.8 Å². The first-order valence-corrected chi connectivity index (χ1v) is 19.5. The number of fused-ring (bicyclic) bond motifs is 9. The van der Waals surface area contributed by atoms with Crippen LogP contribution in [0.25, 0.3) is 121 Å². The van der Waals surface area contributed by atoms with Gasteiger partial charge in [-0.15, -0.1) is 11.3 Å². The third-order valence-electron chi connectivity index (χ3n) is 10.6. The number of aromatic nitrogens is 5. The first-order chi connectivity index (χ1) is 28.2. The Hall–Kier alpha value is -7.55. The molecule has 12 rings (SSSR count). The topological polar surface area (TPSA) is 90.7 Å². The molecule has 0 saturated heterocycles. The number of thiophene rings is 1. The molecule has 0 aliphatic carbocycles. The second-order valence-electron chi connectivity index (χ2n) is 14.0. The van der Waals surface area contributed by atoms with E-state index in [0.29, 0.717) is 28.9 Å². The van der Waals surface area contributed by atoms with E-state index in [0.717, 1.165) is 87.4 Å². The van der Waals surface area contributed by atoms with Gasteiger partial charge in [-0.25, -0.2) is 24.9 Å². The number of para-hydroxylation sites is 1. The first-order valence-electron chi connectivity index (χ1n) is 18.7. The maximum atomic E-state index is 6.60. The van der Waals surface area contributed by atoms with Gasteiger partial charge in [-0.05, 0) is 42.5 Å². The van der Waals surface area contributed by atoms with Crippen LogP contribution in [0, 0.1) is 0 Å². The molecule has 0 N–H and O–H groups in total. The summed E-state index contributed by atoms with van der Waals surface area (Å²) < 4.78 is 15.1. The van der Waals surface area contributed by atoms with Crippen LogP contribution in [0.5, 0.6) is 0 Å². The van der Waals surface area contributed by atoms with Crippen LogP contribution in [0.3, 0.4) is 0 Å². The van der Waals surface area contributed by atoms with E-state index in [1.54, 1.807) is 11.3 Å². The van der Waals surface area contributed by atoms with Crippen molar-refractivity contribution in [2.24, 2.45) is 0 Å². The summed E-state index contributed by atoms with van der Waals surface area (Å²) in [5.74, 6) is 2.32. The molecule has 0 amide bonds. The largest absolute Gasteiger partial charge is 0.456 e. The summed E-state index contributed by atoms with van der Waals surface area (Å²) in [5, 5.41) is 5.16. The maximum Gasteiger partial charge on any atom is 0.164 e. The molecule has 0 bridgehead atoms. The molecule has 0 aliphatic heterocycles. The minimum absolute atomic E-state index is 0.539. The van der Waals surface area contributed by atoms with Crippen LogP contribution in [-0.2, 0) is 0 Å². The second kappa shape index (κ2) is 12.5. The zero-order valence-corrected chi connectivity index (χ0v) is 30.9. The lowest BCUT2D eigenvalue weighted by molar-refractivity contribution is 0.668. The highest BCUT2D eigenvalue weighted by molar-refractivity contribution is 7.26. The number of hydrogen-bond donors (Lipinski definition) is 0. The quantitative estimate of drug-likeness (QED) is 0.173. The van der Waals surface area contributed by atoms with Crippen molar-refractivity contribution in [3.63, 3.8) is 0 Å². The van der Waals surface area contributed by atoms with Crippen LogP contribution >= 0.6 is 11.3 Å². The van der Waals surface area contributed by atoms with E-state index in [9.17, 15) is 0 Å². The highest BCUT2D eigenvalue weighted by Crippen LogP contribution is 2.42. The molecule has 5 heterocycles. The summed E-state index contributed by atoms with van der Waals surface area (Å²) in [6.07, 6.45) is 0. The Kier molecular flexibility index (Phi) is 6.96. The van der Waals surface area contributed by atoms with Crippen molar-refractivity contribution >= 4 is 75.5 Å². The number of hydrogen-bond acceptors (Lipinski definition) is 8. The zero-order valence-electron chi connectivity index (χ0n) is 30.0. The van der Waals surface area contributed by atoms with Gasteiger partial charge in [0, 0.05) is 59.4 Å². The molecule has 0 aliphatic rings. The van der Waals surface area contributed by atoms with Crippen LogP contribution in [-0.4, -0.2) is 24.9 Å². The molecule has 0 radical (unpaired) electrons. The third kappa shape index (κ3) is 5.15. The van der Waals surface area contributed by atoms with Gasteiger partial charge in [0.2, 0.25) is 0 Å². The molecule has 0 saturated carbocycles. The van der Waals surface area contributed by atoms with Gasteiger partial charge in [0.25, 0.3) is 0 Å². The Morgan fingerprint density at radius 3 is 1.72 bits per heavy atom. The number of furan rings is 2. The summed E-state index contributed by atoms with van der Waals surface area (Å²) in [7, 11) is 0. The molecular formula is C49H27N5O2S. The second-order valence-corrected chi connectivity index (χ2v) is 15.1. The lowest BCUT2D eigenvalue weighted by Gasteiger charge is -2.09. The normalized spacial score (nSPS) is 11.9. The van der Waals surface area contributed by atoms with E-state index in [2.05, 4.69) is 78.9 Å². The fourth-order valence-corrected chi connectivity index (χ4v) is 9.02. The molecule has 0 fully saturated rings. The molecule has 8 heteroatoms. The van der Waals surface area contributed by atoms with E-state index in [1.165, 1.54) is 4.70 Å². The van der Waals surface area contributed by atoms with Crippen molar-refractivity contribution in [2.75, 3.05) is 0 Å². The van der Waals surface area contributed by atoms with Gasteiger partial charge in [0.15, 0.2) is 23.3 Å². The predicted molar refractivity (Wildman–Crippen MR) is 230 cm³/mol. The summed E-state index contributed by atoms with van der Waals surface area (Å²) in [4.78, 5) is 25.5. The molecule has 0 atom stereocenters. The Labute approximate surface area is 328 Å². The average Bonchev–Trinajstić information content (AvgIpc) is 3.97. The Balaban J connectivity index is 1.02. The maximum absolute atomic E-state index is 6.60. The third-order valence-corrected chi connectivity index (χ3v) is 11.7. The van der Waals surface area contributed by atoms with Crippen molar-refractivity contribution in [2.45, 2.75) is 0 Å². The Bertz CT molecular complexity index is 3540. The first kappa shape index (κ1) is 31.8. The van der Waals surface area contributed by atoms with E-state index in [-0.39, 0.29) is 0 Å². The highest BCUT2D eigenvalue weighted by atomic mass is 32.1.